The maximum atomic E-state index is 13.0. The highest BCUT2D eigenvalue weighted by atomic mass is 35.5. The molecule has 1 aliphatic heterocycles. The van der Waals surface area contributed by atoms with Crippen LogP contribution in [0, 0.1) is 13.8 Å². The van der Waals surface area contributed by atoms with Crippen LogP contribution >= 0.6 is 12.4 Å². The van der Waals surface area contributed by atoms with Gasteiger partial charge < -0.3 is 5.73 Å². The van der Waals surface area contributed by atoms with Crippen LogP contribution in [0.2, 0.25) is 0 Å². The van der Waals surface area contributed by atoms with Gasteiger partial charge in [-0.05, 0) is 19.4 Å². The predicted molar refractivity (Wildman–Crippen MR) is 95.8 cm³/mol. The molecule has 1 saturated heterocycles. The number of aromatic nitrogens is 2. The van der Waals surface area contributed by atoms with Crippen LogP contribution in [-0.4, -0.2) is 41.6 Å². The quantitative estimate of drug-likeness (QED) is 0.889. The first kappa shape index (κ1) is 18.9. The van der Waals surface area contributed by atoms with Crippen molar-refractivity contribution in [2.75, 3.05) is 13.1 Å². The van der Waals surface area contributed by atoms with Crippen molar-refractivity contribution < 1.29 is 8.42 Å². The Balaban J connectivity index is 0.00000208. The van der Waals surface area contributed by atoms with Crippen molar-refractivity contribution in [2.45, 2.75) is 30.7 Å². The van der Waals surface area contributed by atoms with Gasteiger partial charge in [-0.15, -0.1) is 12.4 Å². The van der Waals surface area contributed by atoms with E-state index >= 15 is 0 Å². The first-order chi connectivity index (χ1) is 10.8. The summed E-state index contributed by atoms with van der Waals surface area (Å²) in [7, 11) is -1.83. The van der Waals surface area contributed by atoms with Crippen LogP contribution in [0.3, 0.4) is 0 Å². The molecule has 2 aromatic rings. The van der Waals surface area contributed by atoms with Crippen molar-refractivity contribution in [1.29, 1.82) is 0 Å². The molecule has 0 saturated carbocycles. The van der Waals surface area contributed by atoms with Crippen LogP contribution in [0.25, 0.3) is 0 Å². The molecule has 1 aromatic heterocycles. The minimum Gasteiger partial charge on any atom is -0.326 e. The minimum absolute atomic E-state index is 0. The Morgan fingerprint density at radius 1 is 1.17 bits per heavy atom. The lowest BCUT2D eigenvalue weighted by Gasteiger charge is -2.17. The van der Waals surface area contributed by atoms with Gasteiger partial charge in [-0.1, -0.05) is 30.3 Å². The molecule has 1 fully saturated rings. The number of hydrogen-bond donors (Lipinski definition) is 1. The Morgan fingerprint density at radius 2 is 1.79 bits per heavy atom. The van der Waals surface area contributed by atoms with Gasteiger partial charge in [-0.3, -0.25) is 4.68 Å². The topological polar surface area (TPSA) is 81.2 Å². The average Bonchev–Trinajstić information content (AvgIpc) is 3.01. The third kappa shape index (κ3) is 3.09. The average molecular weight is 371 g/mol. The molecule has 0 unspecified atom stereocenters. The summed E-state index contributed by atoms with van der Waals surface area (Å²) in [6.45, 7) is 4.24. The van der Waals surface area contributed by atoms with E-state index in [9.17, 15) is 8.42 Å². The monoisotopic (exact) mass is 370 g/mol. The van der Waals surface area contributed by atoms with Crippen LogP contribution < -0.4 is 5.73 Å². The number of halogens is 1. The van der Waals surface area contributed by atoms with Crippen LogP contribution in [0.1, 0.15) is 22.9 Å². The molecule has 0 amide bonds. The van der Waals surface area contributed by atoms with Gasteiger partial charge >= 0.3 is 0 Å². The SMILES string of the molecule is Cc1nn(C)c(C)c1S(=O)(=O)N1C[C@@H](N)[C@H](c2ccccc2)C1.Cl. The van der Waals surface area contributed by atoms with Gasteiger partial charge in [0.15, 0.2) is 0 Å². The molecule has 8 heteroatoms. The van der Waals surface area contributed by atoms with Gasteiger partial charge in [0.25, 0.3) is 0 Å². The fourth-order valence-corrected chi connectivity index (χ4v) is 5.20. The van der Waals surface area contributed by atoms with Crippen molar-refractivity contribution in [2.24, 2.45) is 12.8 Å². The molecule has 0 aliphatic carbocycles. The third-order valence-corrected chi connectivity index (χ3v) is 6.68. The Bertz CT molecular complexity index is 820. The molecule has 2 heterocycles. The van der Waals surface area contributed by atoms with Crippen molar-refractivity contribution in [3.63, 3.8) is 0 Å². The second-order valence-electron chi connectivity index (χ2n) is 6.13. The van der Waals surface area contributed by atoms with Crippen molar-refractivity contribution >= 4 is 22.4 Å². The highest BCUT2D eigenvalue weighted by Crippen LogP contribution is 2.32. The molecule has 3 rings (SSSR count). The maximum Gasteiger partial charge on any atom is 0.246 e. The zero-order valence-corrected chi connectivity index (χ0v) is 15.6. The van der Waals surface area contributed by atoms with E-state index in [2.05, 4.69) is 5.10 Å². The summed E-state index contributed by atoms with van der Waals surface area (Å²) in [6.07, 6.45) is 0. The van der Waals surface area contributed by atoms with Gasteiger partial charge in [0.1, 0.15) is 4.90 Å². The summed E-state index contributed by atoms with van der Waals surface area (Å²) in [4.78, 5) is 0.306. The zero-order valence-electron chi connectivity index (χ0n) is 14.0. The number of rotatable bonds is 3. The van der Waals surface area contributed by atoms with E-state index in [0.29, 0.717) is 29.4 Å². The Hall–Kier alpha value is -1.41. The summed E-state index contributed by atoms with van der Waals surface area (Å²) in [5.74, 6) is 0.0169. The maximum absolute atomic E-state index is 13.0. The molecule has 2 N–H and O–H groups in total. The number of nitrogens with two attached hydrogens (primary N) is 1. The highest BCUT2D eigenvalue weighted by Gasteiger charge is 2.40. The van der Waals surface area contributed by atoms with E-state index < -0.39 is 10.0 Å². The molecule has 1 aromatic carbocycles. The number of benzene rings is 1. The van der Waals surface area contributed by atoms with Gasteiger partial charge in [0.2, 0.25) is 10.0 Å². The summed E-state index contributed by atoms with van der Waals surface area (Å²) in [5, 5.41) is 4.22. The number of hydrogen-bond acceptors (Lipinski definition) is 4. The third-order valence-electron chi connectivity index (χ3n) is 4.60. The molecule has 1 aliphatic rings. The van der Waals surface area contributed by atoms with Gasteiger partial charge in [0.05, 0.1) is 11.4 Å². The minimum atomic E-state index is -3.58. The second-order valence-corrected chi connectivity index (χ2v) is 8.00. The second kappa shape index (κ2) is 6.84. The van der Waals surface area contributed by atoms with E-state index in [1.54, 1.807) is 25.6 Å². The largest absolute Gasteiger partial charge is 0.326 e. The molecule has 0 radical (unpaired) electrons. The van der Waals surface area contributed by atoms with Gasteiger partial charge in [-0.25, -0.2) is 8.42 Å². The Kier molecular flexibility index (Phi) is 5.39. The molecular formula is C16H23ClN4O2S. The summed E-state index contributed by atoms with van der Waals surface area (Å²) in [5.41, 5.74) is 8.49. The summed E-state index contributed by atoms with van der Waals surface area (Å²) >= 11 is 0. The lowest BCUT2D eigenvalue weighted by Crippen LogP contribution is -2.32. The molecule has 132 valence electrons. The van der Waals surface area contributed by atoms with Crippen LogP contribution in [0.15, 0.2) is 35.2 Å². The van der Waals surface area contributed by atoms with E-state index in [1.165, 1.54) is 4.31 Å². The summed E-state index contributed by atoms with van der Waals surface area (Å²) < 4.78 is 29.2. The fraction of sp³-hybridized carbons (Fsp3) is 0.438. The standard InChI is InChI=1S/C16H22N4O2S.ClH/c1-11-16(12(2)19(3)18-11)23(21,22)20-9-14(15(17)10-20)13-7-5-4-6-8-13;/h4-8,14-15H,9-10,17H2,1-3H3;1H/t14-,15+;/m0./s1. The Morgan fingerprint density at radius 3 is 2.33 bits per heavy atom. The van der Waals surface area contributed by atoms with E-state index in [4.69, 9.17) is 5.73 Å². The fourth-order valence-electron chi connectivity index (χ4n) is 3.30. The lowest BCUT2D eigenvalue weighted by molar-refractivity contribution is 0.469. The number of aryl methyl sites for hydroxylation is 2. The summed E-state index contributed by atoms with van der Waals surface area (Å²) in [6, 6.07) is 9.65. The number of sulfonamides is 1. The zero-order chi connectivity index (χ0) is 16.8. The first-order valence-electron chi connectivity index (χ1n) is 7.63. The van der Waals surface area contributed by atoms with Crippen molar-refractivity contribution in [3.8, 4) is 0 Å². The smallest absolute Gasteiger partial charge is 0.246 e. The van der Waals surface area contributed by atoms with Crippen molar-refractivity contribution in [1.82, 2.24) is 14.1 Å². The van der Waals surface area contributed by atoms with E-state index in [-0.39, 0.29) is 24.4 Å². The van der Waals surface area contributed by atoms with E-state index in [0.717, 1.165) is 5.56 Å². The predicted octanol–water partition coefficient (Wildman–Crippen LogP) is 1.57. The number of nitrogens with zero attached hydrogens (tertiary/aromatic N) is 3. The van der Waals surface area contributed by atoms with Crippen LogP contribution in [0.4, 0.5) is 0 Å². The van der Waals surface area contributed by atoms with Crippen LogP contribution in [-0.2, 0) is 17.1 Å². The molecule has 0 spiro atoms. The van der Waals surface area contributed by atoms with Crippen LogP contribution in [0.5, 0.6) is 0 Å². The molecule has 6 nitrogen and oxygen atoms in total. The Labute approximate surface area is 149 Å². The highest BCUT2D eigenvalue weighted by molar-refractivity contribution is 7.89. The first-order valence-corrected chi connectivity index (χ1v) is 9.07. The molecule has 24 heavy (non-hydrogen) atoms. The normalized spacial score (nSPS) is 21.7. The lowest BCUT2D eigenvalue weighted by atomic mass is 9.95. The molecular weight excluding hydrogens is 348 g/mol. The molecule has 2 atom stereocenters. The van der Waals surface area contributed by atoms with E-state index in [1.807, 2.05) is 30.3 Å². The molecule has 0 bridgehead atoms. The van der Waals surface area contributed by atoms with Gasteiger partial charge in [-0.2, -0.15) is 9.40 Å². The van der Waals surface area contributed by atoms with Gasteiger partial charge in [0, 0.05) is 32.1 Å². The van der Waals surface area contributed by atoms with Crippen molar-refractivity contribution in [3.05, 3.63) is 47.3 Å².